The highest BCUT2D eigenvalue weighted by atomic mass is 16.7. The van der Waals surface area contributed by atoms with Crippen molar-refractivity contribution < 1.29 is 9.47 Å². The molecule has 7 heteroatoms. The van der Waals surface area contributed by atoms with Gasteiger partial charge in [-0.25, -0.2) is 9.97 Å². The molecule has 2 aliphatic rings. The van der Waals surface area contributed by atoms with Gasteiger partial charge in [-0.05, 0) is 19.1 Å². The average Bonchev–Trinajstić information content (AvgIpc) is 3.09. The fourth-order valence-electron chi connectivity index (χ4n) is 3.35. The Morgan fingerprint density at radius 3 is 2.68 bits per heavy atom. The summed E-state index contributed by atoms with van der Waals surface area (Å²) in [6.45, 7) is 5.71. The van der Waals surface area contributed by atoms with Crippen LogP contribution in [0.4, 0.5) is 11.6 Å². The highest BCUT2D eigenvalue weighted by Gasteiger charge is 2.40. The first-order valence-corrected chi connectivity index (χ1v) is 8.75. The van der Waals surface area contributed by atoms with Crippen LogP contribution in [-0.4, -0.2) is 47.0 Å². The maximum Gasteiger partial charge on any atom is 0.171 e. The van der Waals surface area contributed by atoms with Crippen molar-refractivity contribution >= 4 is 11.6 Å². The minimum absolute atomic E-state index is 0.362. The maximum atomic E-state index is 5.80. The van der Waals surface area contributed by atoms with Crippen LogP contribution in [0.2, 0.25) is 0 Å². The van der Waals surface area contributed by atoms with Crippen molar-refractivity contribution in [2.24, 2.45) is 0 Å². The van der Waals surface area contributed by atoms with E-state index in [4.69, 9.17) is 9.47 Å². The van der Waals surface area contributed by atoms with E-state index in [1.807, 2.05) is 31.2 Å². The lowest BCUT2D eigenvalue weighted by Crippen LogP contribution is -2.45. The number of nitrogens with one attached hydrogen (secondary N) is 1. The molecule has 0 saturated carbocycles. The van der Waals surface area contributed by atoms with Crippen molar-refractivity contribution in [1.82, 2.24) is 15.0 Å². The molecule has 7 nitrogen and oxygen atoms in total. The summed E-state index contributed by atoms with van der Waals surface area (Å²) in [5.41, 5.74) is 0.982. The number of rotatable bonds is 4. The largest absolute Gasteiger partial charge is 0.364 e. The molecule has 0 aliphatic carbocycles. The third kappa shape index (κ3) is 3.72. The molecular weight excluding hydrogens is 318 g/mol. The summed E-state index contributed by atoms with van der Waals surface area (Å²) in [5, 5.41) is 3.34. The zero-order valence-corrected chi connectivity index (χ0v) is 14.4. The molecule has 0 bridgehead atoms. The number of aryl methyl sites for hydroxylation is 1. The molecule has 4 rings (SSSR count). The number of piperidine rings is 1. The van der Waals surface area contributed by atoms with Crippen molar-refractivity contribution in [3.63, 3.8) is 0 Å². The number of anilines is 2. The Morgan fingerprint density at radius 2 is 1.96 bits per heavy atom. The maximum absolute atomic E-state index is 5.80. The number of hydrogen-bond acceptors (Lipinski definition) is 7. The molecule has 0 radical (unpaired) electrons. The van der Waals surface area contributed by atoms with Gasteiger partial charge in [0.1, 0.15) is 17.5 Å². The molecule has 132 valence electrons. The second-order valence-corrected chi connectivity index (χ2v) is 6.43. The van der Waals surface area contributed by atoms with Gasteiger partial charge in [-0.1, -0.05) is 6.07 Å². The van der Waals surface area contributed by atoms with Gasteiger partial charge in [0.2, 0.25) is 0 Å². The minimum atomic E-state index is -0.362. The van der Waals surface area contributed by atoms with Gasteiger partial charge in [0, 0.05) is 38.2 Å². The van der Waals surface area contributed by atoms with Gasteiger partial charge in [-0.2, -0.15) is 0 Å². The van der Waals surface area contributed by atoms with Crippen LogP contribution in [0, 0.1) is 6.92 Å². The molecule has 25 heavy (non-hydrogen) atoms. The summed E-state index contributed by atoms with van der Waals surface area (Å²) >= 11 is 0. The Labute approximate surface area is 147 Å². The lowest BCUT2D eigenvalue weighted by molar-refractivity contribution is -0.169. The first-order chi connectivity index (χ1) is 12.2. The van der Waals surface area contributed by atoms with E-state index in [1.54, 1.807) is 6.20 Å². The summed E-state index contributed by atoms with van der Waals surface area (Å²) in [6, 6.07) is 7.90. The smallest absolute Gasteiger partial charge is 0.171 e. The van der Waals surface area contributed by atoms with E-state index < -0.39 is 0 Å². The van der Waals surface area contributed by atoms with Crippen LogP contribution in [0.3, 0.4) is 0 Å². The van der Waals surface area contributed by atoms with Crippen molar-refractivity contribution in [2.45, 2.75) is 32.1 Å². The van der Waals surface area contributed by atoms with Crippen LogP contribution in [-0.2, 0) is 16.0 Å². The number of ether oxygens (including phenoxy) is 2. The van der Waals surface area contributed by atoms with Gasteiger partial charge >= 0.3 is 0 Å². The Bertz CT molecular complexity index is 709. The van der Waals surface area contributed by atoms with Crippen molar-refractivity contribution in [2.75, 3.05) is 36.5 Å². The molecule has 2 saturated heterocycles. The monoisotopic (exact) mass is 341 g/mol. The molecule has 4 heterocycles. The van der Waals surface area contributed by atoms with Crippen molar-refractivity contribution in [3.05, 3.63) is 42.0 Å². The zero-order chi connectivity index (χ0) is 17.1. The Hall–Kier alpha value is -2.25. The summed E-state index contributed by atoms with van der Waals surface area (Å²) in [6.07, 6.45) is 3.53. The normalized spacial score (nSPS) is 19.3. The number of aromatic nitrogens is 3. The molecule has 0 aromatic carbocycles. The molecule has 2 fully saturated rings. The molecule has 0 unspecified atom stereocenters. The van der Waals surface area contributed by atoms with Crippen molar-refractivity contribution in [3.8, 4) is 0 Å². The Morgan fingerprint density at radius 1 is 1.16 bits per heavy atom. The Kier molecular flexibility index (Phi) is 4.50. The van der Waals surface area contributed by atoms with E-state index in [0.29, 0.717) is 19.8 Å². The Balaban J connectivity index is 1.43. The van der Waals surface area contributed by atoms with Crippen LogP contribution < -0.4 is 10.2 Å². The van der Waals surface area contributed by atoms with Gasteiger partial charge in [0.05, 0.1) is 25.5 Å². The molecule has 1 spiro atoms. The number of pyridine rings is 1. The summed E-state index contributed by atoms with van der Waals surface area (Å²) in [7, 11) is 0. The second kappa shape index (κ2) is 6.93. The third-order valence-corrected chi connectivity index (χ3v) is 4.66. The predicted molar refractivity (Wildman–Crippen MR) is 94.4 cm³/mol. The third-order valence-electron chi connectivity index (χ3n) is 4.66. The number of nitrogens with zero attached hydrogens (tertiary/aromatic N) is 4. The lowest BCUT2D eigenvalue weighted by Gasteiger charge is -2.38. The number of hydrogen-bond donors (Lipinski definition) is 1. The van der Waals surface area contributed by atoms with E-state index in [0.717, 1.165) is 49.1 Å². The highest BCUT2D eigenvalue weighted by molar-refractivity contribution is 5.50. The van der Waals surface area contributed by atoms with Gasteiger partial charge in [0.25, 0.3) is 0 Å². The topological polar surface area (TPSA) is 72.4 Å². The lowest BCUT2D eigenvalue weighted by atomic mass is 10.0. The van der Waals surface area contributed by atoms with Crippen molar-refractivity contribution in [1.29, 1.82) is 0 Å². The van der Waals surface area contributed by atoms with Gasteiger partial charge in [-0.15, -0.1) is 0 Å². The first-order valence-electron chi connectivity index (χ1n) is 8.75. The van der Waals surface area contributed by atoms with E-state index >= 15 is 0 Å². The van der Waals surface area contributed by atoms with Crippen LogP contribution in [0.1, 0.15) is 24.4 Å². The van der Waals surface area contributed by atoms with Gasteiger partial charge in [-0.3, -0.25) is 4.98 Å². The standard InChI is InChI=1S/C18H23N5O2/c1-14-21-16(20-13-15-4-2-3-7-19-15)12-17(22-14)23-8-5-18(6-9-23)24-10-11-25-18/h2-4,7,12H,5-6,8-11,13H2,1H3,(H,20,21,22). The van der Waals surface area contributed by atoms with Crippen LogP contribution in [0.15, 0.2) is 30.5 Å². The van der Waals surface area contributed by atoms with Crippen LogP contribution >= 0.6 is 0 Å². The molecule has 2 aromatic heterocycles. The van der Waals surface area contributed by atoms with E-state index in [2.05, 4.69) is 25.2 Å². The quantitative estimate of drug-likeness (QED) is 0.913. The summed E-state index contributed by atoms with van der Waals surface area (Å²) in [4.78, 5) is 15.7. The highest BCUT2D eigenvalue weighted by Crippen LogP contribution is 2.33. The summed E-state index contributed by atoms with van der Waals surface area (Å²) in [5.74, 6) is 2.17. The minimum Gasteiger partial charge on any atom is -0.364 e. The average molecular weight is 341 g/mol. The van der Waals surface area contributed by atoms with E-state index in [9.17, 15) is 0 Å². The first kappa shape index (κ1) is 16.2. The fourth-order valence-corrected chi connectivity index (χ4v) is 3.35. The predicted octanol–water partition coefficient (Wildman–Crippen LogP) is 2.14. The fraction of sp³-hybridized carbons (Fsp3) is 0.500. The molecule has 2 aliphatic heterocycles. The molecule has 0 atom stereocenters. The summed E-state index contributed by atoms with van der Waals surface area (Å²) < 4.78 is 11.6. The SMILES string of the molecule is Cc1nc(NCc2ccccn2)cc(N2CCC3(CC2)OCCO3)n1. The zero-order valence-electron chi connectivity index (χ0n) is 14.4. The van der Waals surface area contributed by atoms with E-state index in [1.165, 1.54) is 0 Å². The molecule has 0 amide bonds. The van der Waals surface area contributed by atoms with Gasteiger partial charge in [0.15, 0.2) is 5.79 Å². The second-order valence-electron chi connectivity index (χ2n) is 6.43. The van der Waals surface area contributed by atoms with Crippen LogP contribution in [0.5, 0.6) is 0 Å². The van der Waals surface area contributed by atoms with E-state index in [-0.39, 0.29) is 5.79 Å². The molecule has 2 aromatic rings. The van der Waals surface area contributed by atoms with Gasteiger partial charge < -0.3 is 19.7 Å². The van der Waals surface area contributed by atoms with Crippen LogP contribution in [0.25, 0.3) is 0 Å². The molecular formula is C18H23N5O2. The molecule has 1 N–H and O–H groups in total.